The second-order valence-corrected chi connectivity index (χ2v) is 9.01. The quantitative estimate of drug-likeness (QED) is 0.368. The van der Waals surface area contributed by atoms with Crippen molar-refractivity contribution < 1.29 is 18.0 Å². The van der Waals surface area contributed by atoms with E-state index in [1.165, 1.54) is 0 Å². The van der Waals surface area contributed by atoms with Gasteiger partial charge in [0, 0.05) is 30.4 Å². The highest BCUT2D eigenvalue weighted by Gasteiger charge is 2.40. The summed E-state index contributed by atoms with van der Waals surface area (Å²) in [4.78, 5) is 20.0. The molecule has 0 radical (unpaired) electrons. The van der Waals surface area contributed by atoms with E-state index < -0.39 is 17.5 Å². The van der Waals surface area contributed by atoms with Crippen molar-refractivity contribution in [1.29, 1.82) is 0 Å². The Morgan fingerprint density at radius 1 is 1.11 bits per heavy atom. The maximum atomic E-state index is 14.0. The average molecular weight is 482 g/mol. The van der Waals surface area contributed by atoms with Crippen molar-refractivity contribution in [1.82, 2.24) is 24.1 Å². The Morgan fingerprint density at radius 3 is 2.49 bits per heavy atom. The van der Waals surface area contributed by atoms with Crippen LogP contribution in [0.3, 0.4) is 0 Å². The third kappa shape index (κ3) is 3.61. The summed E-state index contributed by atoms with van der Waals surface area (Å²) in [6.45, 7) is 5.88. The molecular weight excluding hydrogens is 455 g/mol. The molecule has 2 atom stereocenters. The van der Waals surface area contributed by atoms with Crippen molar-refractivity contribution in [2.45, 2.75) is 52.1 Å². The number of halogens is 3. The highest BCUT2D eigenvalue weighted by molar-refractivity contribution is 5.95. The number of aromatic nitrogens is 4. The molecule has 4 heterocycles. The van der Waals surface area contributed by atoms with Crippen LogP contribution in [0.1, 0.15) is 60.2 Å². The lowest BCUT2D eigenvalue weighted by molar-refractivity contribution is 0.0512. The number of hydrogen-bond donors (Lipinski definition) is 0. The lowest BCUT2D eigenvalue weighted by Gasteiger charge is -2.41. The van der Waals surface area contributed by atoms with E-state index in [-0.39, 0.29) is 23.6 Å². The summed E-state index contributed by atoms with van der Waals surface area (Å²) in [6, 6.07) is 5.22. The number of carbonyl (C=O) groups is 1. The van der Waals surface area contributed by atoms with Crippen LogP contribution in [0.5, 0.6) is 0 Å². The van der Waals surface area contributed by atoms with Gasteiger partial charge in [0.25, 0.3) is 5.91 Å². The molecule has 182 valence electrons. The molecule has 0 aliphatic carbocycles. The molecule has 1 aliphatic heterocycles. The maximum Gasteiger partial charge on any atom is 0.256 e. The summed E-state index contributed by atoms with van der Waals surface area (Å²) >= 11 is 0. The Labute approximate surface area is 201 Å². The van der Waals surface area contributed by atoms with Gasteiger partial charge in [-0.05, 0) is 50.5 Å². The predicted octanol–water partition coefficient (Wildman–Crippen LogP) is 5.39. The van der Waals surface area contributed by atoms with E-state index in [0.29, 0.717) is 36.2 Å². The summed E-state index contributed by atoms with van der Waals surface area (Å²) in [5.74, 6) is -3.29. The smallest absolute Gasteiger partial charge is 0.256 e. The Kier molecular flexibility index (Phi) is 5.65. The number of imidazole rings is 1. The van der Waals surface area contributed by atoms with Gasteiger partial charge in [0.15, 0.2) is 17.5 Å². The maximum absolute atomic E-state index is 14.0. The summed E-state index contributed by atoms with van der Waals surface area (Å²) in [6.07, 6.45) is 5.35. The lowest BCUT2D eigenvalue weighted by Crippen LogP contribution is -2.47. The van der Waals surface area contributed by atoms with Crippen LogP contribution in [0.2, 0.25) is 0 Å². The lowest BCUT2D eigenvalue weighted by atomic mass is 9.87. The van der Waals surface area contributed by atoms with Crippen LogP contribution in [-0.2, 0) is 13.5 Å². The van der Waals surface area contributed by atoms with Crippen molar-refractivity contribution in [2.24, 2.45) is 7.05 Å². The number of fused-ring (bicyclic) bond motifs is 2. The van der Waals surface area contributed by atoms with Crippen LogP contribution in [0.15, 0.2) is 36.7 Å². The fourth-order valence-electron chi connectivity index (χ4n) is 5.26. The third-order valence-electron chi connectivity index (χ3n) is 6.97. The number of aryl methyl sites for hydroxylation is 2. The molecule has 0 fully saturated rings. The van der Waals surface area contributed by atoms with Crippen molar-refractivity contribution in [3.63, 3.8) is 0 Å². The van der Waals surface area contributed by atoms with Crippen molar-refractivity contribution in [3.8, 4) is 11.3 Å². The first-order chi connectivity index (χ1) is 16.7. The first-order valence-electron chi connectivity index (χ1n) is 11.7. The van der Waals surface area contributed by atoms with Gasteiger partial charge in [0.2, 0.25) is 0 Å². The molecule has 0 spiro atoms. The van der Waals surface area contributed by atoms with E-state index in [9.17, 15) is 18.0 Å². The zero-order valence-electron chi connectivity index (χ0n) is 20.0. The summed E-state index contributed by atoms with van der Waals surface area (Å²) in [7, 11) is 1.70. The number of pyridine rings is 1. The van der Waals surface area contributed by atoms with E-state index in [1.54, 1.807) is 17.9 Å². The van der Waals surface area contributed by atoms with Crippen molar-refractivity contribution >= 4 is 11.4 Å². The Morgan fingerprint density at radius 2 is 1.83 bits per heavy atom. The molecule has 1 aliphatic rings. The molecule has 1 amide bonds. The highest BCUT2D eigenvalue weighted by Crippen LogP contribution is 2.41. The molecule has 0 saturated carbocycles. The van der Waals surface area contributed by atoms with Gasteiger partial charge >= 0.3 is 0 Å². The van der Waals surface area contributed by atoms with Crippen LogP contribution in [0.4, 0.5) is 13.2 Å². The van der Waals surface area contributed by atoms with Gasteiger partial charge in [-0.25, -0.2) is 18.2 Å². The monoisotopic (exact) mass is 481 g/mol. The van der Waals surface area contributed by atoms with Crippen molar-refractivity contribution in [2.75, 3.05) is 0 Å². The summed E-state index contributed by atoms with van der Waals surface area (Å²) in [5, 5.41) is 4.68. The molecule has 0 bridgehead atoms. The van der Waals surface area contributed by atoms with Gasteiger partial charge in [-0.3, -0.25) is 9.48 Å². The van der Waals surface area contributed by atoms with E-state index in [4.69, 9.17) is 0 Å². The largest absolute Gasteiger partial charge is 0.327 e. The van der Waals surface area contributed by atoms with Crippen LogP contribution in [0, 0.1) is 24.4 Å². The number of nitrogens with zero attached hydrogens (tertiary/aromatic N) is 5. The molecule has 3 aromatic heterocycles. The number of rotatable bonds is 4. The van der Waals surface area contributed by atoms with Crippen LogP contribution < -0.4 is 0 Å². The molecule has 6 nitrogen and oxygen atoms in total. The standard InChI is InChI=1S/C26H26F3N5O/c1-5-17-11-19-24(31-32(4)25(19)16-9-20(27)23(29)21(28)10-16)22(6-2)34(17)26(35)15-7-8-18-12-30-14(3)33(18)13-15/h7-10,12-13,17,22H,5-6,11H2,1-4H3. The molecule has 35 heavy (non-hydrogen) atoms. The van der Waals surface area contributed by atoms with Gasteiger partial charge in [0.05, 0.1) is 34.7 Å². The predicted molar refractivity (Wildman–Crippen MR) is 125 cm³/mol. The van der Waals surface area contributed by atoms with Gasteiger partial charge in [-0.1, -0.05) is 13.8 Å². The number of hydrogen-bond acceptors (Lipinski definition) is 3. The van der Waals surface area contributed by atoms with Gasteiger partial charge in [0.1, 0.15) is 5.82 Å². The average Bonchev–Trinajstić information content (AvgIpc) is 3.38. The molecule has 9 heteroatoms. The zero-order chi connectivity index (χ0) is 25.0. The normalized spacial score (nSPS) is 17.7. The Balaban J connectivity index is 1.61. The second kappa shape index (κ2) is 8.55. The topological polar surface area (TPSA) is 55.4 Å². The zero-order valence-corrected chi connectivity index (χ0v) is 20.0. The molecular formula is C26H26F3N5O. The second-order valence-electron chi connectivity index (χ2n) is 9.01. The molecule has 0 N–H and O–H groups in total. The molecule has 4 aromatic rings. The summed E-state index contributed by atoms with van der Waals surface area (Å²) < 4.78 is 45.2. The molecule has 5 rings (SSSR count). The minimum atomic E-state index is -1.50. The van der Waals surface area contributed by atoms with Crippen molar-refractivity contribution in [3.05, 3.63) is 76.8 Å². The van der Waals surface area contributed by atoms with Gasteiger partial charge in [-0.15, -0.1) is 0 Å². The van der Waals surface area contributed by atoms with E-state index in [1.807, 2.05) is 48.4 Å². The Bertz CT molecular complexity index is 1430. The molecule has 1 aromatic carbocycles. The van der Waals surface area contributed by atoms with Crippen LogP contribution in [0.25, 0.3) is 16.8 Å². The van der Waals surface area contributed by atoms with Crippen LogP contribution >= 0.6 is 0 Å². The minimum absolute atomic E-state index is 0.101. The SMILES string of the molecule is CCC1Cc2c(nn(C)c2-c2cc(F)c(F)c(F)c2)C(CC)N1C(=O)c1ccc2cnc(C)n2c1. The highest BCUT2D eigenvalue weighted by atomic mass is 19.2. The Hall–Kier alpha value is -3.62. The fourth-order valence-corrected chi connectivity index (χ4v) is 5.26. The fraction of sp³-hybridized carbons (Fsp3) is 0.346. The number of carbonyl (C=O) groups excluding carboxylic acids is 1. The summed E-state index contributed by atoms with van der Waals surface area (Å²) in [5.41, 5.74) is 3.76. The van der Waals surface area contributed by atoms with E-state index >= 15 is 0 Å². The third-order valence-corrected chi connectivity index (χ3v) is 6.97. The first-order valence-corrected chi connectivity index (χ1v) is 11.7. The molecule has 2 unspecified atom stereocenters. The number of amides is 1. The first kappa shape index (κ1) is 23.1. The van der Waals surface area contributed by atoms with E-state index in [0.717, 1.165) is 29.0 Å². The van der Waals surface area contributed by atoms with Gasteiger partial charge < -0.3 is 9.30 Å². The van der Waals surface area contributed by atoms with Crippen LogP contribution in [-0.4, -0.2) is 36.0 Å². The molecule has 0 saturated heterocycles. The minimum Gasteiger partial charge on any atom is -0.327 e. The van der Waals surface area contributed by atoms with Gasteiger partial charge in [-0.2, -0.15) is 5.10 Å². The number of benzene rings is 1. The van der Waals surface area contributed by atoms with E-state index in [2.05, 4.69) is 10.1 Å².